The van der Waals surface area contributed by atoms with Gasteiger partial charge in [0.15, 0.2) is 0 Å². The lowest BCUT2D eigenvalue weighted by Crippen LogP contribution is -2.43. The number of hydrazine groups is 2. The lowest BCUT2D eigenvalue weighted by molar-refractivity contribution is 0.178. The Morgan fingerprint density at radius 3 is 2.59 bits per heavy atom. The maximum Gasteiger partial charge on any atom is 0.111 e. The molecule has 0 amide bonds. The van der Waals surface area contributed by atoms with E-state index in [1.54, 1.807) is 24.1 Å². The predicted molar refractivity (Wildman–Crippen MR) is 153 cm³/mol. The Balaban J connectivity index is 1.83. The zero-order chi connectivity index (χ0) is 28.3. The molecule has 2 atom stereocenters. The fourth-order valence-corrected chi connectivity index (χ4v) is 4.62. The second-order valence-electron chi connectivity index (χ2n) is 10.9. The fraction of sp³-hybridized carbons (Fsp3) is 0.345. The summed E-state index contributed by atoms with van der Waals surface area (Å²) in [6.07, 6.45) is 3.35. The normalized spacial score (nSPS) is 14.7. The van der Waals surface area contributed by atoms with Crippen LogP contribution in [0.1, 0.15) is 56.0 Å². The Hall–Kier alpha value is -4.05. The Morgan fingerprint density at radius 1 is 1.18 bits per heavy atom. The molecule has 1 aromatic heterocycles. The average molecular weight is 547 g/mol. The van der Waals surface area contributed by atoms with E-state index in [2.05, 4.69) is 59.5 Å². The number of aromatic nitrogens is 1. The van der Waals surface area contributed by atoms with Gasteiger partial charge in [-0.25, -0.2) is 4.39 Å². The first-order valence-corrected chi connectivity index (χ1v) is 13.0. The van der Waals surface area contributed by atoms with Crippen molar-refractivity contribution in [2.75, 3.05) is 23.9 Å². The summed E-state index contributed by atoms with van der Waals surface area (Å²) in [4.78, 5) is 4.45. The van der Waals surface area contributed by atoms with Crippen LogP contribution in [0.4, 0.5) is 15.8 Å². The van der Waals surface area contributed by atoms with Crippen LogP contribution in [0.2, 0.25) is 5.02 Å². The molecular formula is C29H32ClFN8. The summed E-state index contributed by atoms with van der Waals surface area (Å²) in [5.74, 6) is 0. The highest BCUT2D eigenvalue weighted by molar-refractivity contribution is 6.35. The van der Waals surface area contributed by atoms with Crippen LogP contribution in [0.25, 0.3) is 10.9 Å². The Bertz CT molecular complexity index is 1500. The van der Waals surface area contributed by atoms with Crippen molar-refractivity contribution in [3.8, 4) is 12.1 Å². The van der Waals surface area contributed by atoms with Crippen LogP contribution in [0.15, 0.2) is 48.4 Å². The van der Waals surface area contributed by atoms with Crippen molar-refractivity contribution in [3.63, 3.8) is 0 Å². The predicted octanol–water partition coefficient (Wildman–Crippen LogP) is 6.08. The number of alkyl halides is 1. The van der Waals surface area contributed by atoms with Gasteiger partial charge >= 0.3 is 0 Å². The number of hydrogen-bond acceptors (Lipinski definition) is 8. The minimum Gasteiger partial charge on any atom is -0.383 e. The SMILES string of the molecule is Cc1c(C#N)cccc1[C@H](Nc1cc(Cl)c2ncc(C#N)c(NCC(C)(C)C)c2c1)C1=CN([C@@H](C)CF)NN1. The van der Waals surface area contributed by atoms with Gasteiger partial charge in [0.05, 0.1) is 51.2 Å². The number of nitriles is 2. The van der Waals surface area contributed by atoms with Gasteiger partial charge < -0.3 is 16.1 Å². The molecule has 1 aliphatic rings. The van der Waals surface area contributed by atoms with Crippen molar-refractivity contribution < 1.29 is 4.39 Å². The molecule has 0 unspecified atom stereocenters. The first-order valence-electron chi connectivity index (χ1n) is 12.7. The molecule has 3 aromatic rings. The molecule has 0 saturated carbocycles. The van der Waals surface area contributed by atoms with Crippen LogP contribution in [0.3, 0.4) is 0 Å². The van der Waals surface area contributed by atoms with Crippen molar-refractivity contribution in [3.05, 3.63) is 75.7 Å². The number of fused-ring (bicyclic) bond motifs is 1. The van der Waals surface area contributed by atoms with Crippen LogP contribution in [0.5, 0.6) is 0 Å². The second kappa shape index (κ2) is 11.4. The van der Waals surface area contributed by atoms with Gasteiger partial charge in [-0.05, 0) is 48.6 Å². The molecule has 0 saturated heterocycles. The van der Waals surface area contributed by atoms with E-state index < -0.39 is 12.7 Å². The molecule has 0 radical (unpaired) electrons. The zero-order valence-electron chi connectivity index (χ0n) is 22.7. The second-order valence-corrected chi connectivity index (χ2v) is 11.3. The van der Waals surface area contributed by atoms with E-state index in [-0.39, 0.29) is 11.5 Å². The number of halogens is 2. The van der Waals surface area contributed by atoms with Gasteiger partial charge in [0.25, 0.3) is 0 Å². The lowest BCUT2D eigenvalue weighted by Gasteiger charge is -2.24. The number of nitrogens with zero attached hydrogens (tertiary/aromatic N) is 4. The van der Waals surface area contributed by atoms with Gasteiger partial charge in [-0.3, -0.25) is 9.99 Å². The molecular weight excluding hydrogens is 515 g/mol. The summed E-state index contributed by atoms with van der Waals surface area (Å²) in [5, 5.41) is 29.2. The molecule has 4 rings (SSSR count). The maximum absolute atomic E-state index is 13.4. The quantitative estimate of drug-likeness (QED) is 0.269. The molecule has 8 nitrogen and oxygen atoms in total. The molecule has 0 spiro atoms. The van der Waals surface area contributed by atoms with Gasteiger partial charge in [0.1, 0.15) is 12.7 Å². The topological polar surface area (TPSA) is 112 Å². The van der Waals surface area contributed by atoms with E-state index in [1.165, 1.54) is 6.20 Å². The number of hydrogen-bond donors (Lipinski definition) is 4. The minimum absolute atomic E-state index is 0.0212. The molecule has 1 aliphatic heterocycles. The van der Waals surface area contributed by atoms with Crippen molar-refractivity contribution in [1.29, 1.82) is 10.5 Å². The molecule has 202 valence electrons. The van der Waals surface area contributed by atoms with E-state index >= 15 is 0 Å². The maximum atomic E-state index is 13.4. The van der Waals surface area contributed by atoms with Gasteiger partial charge in [-0.15, -0.1) is 5.53 Å². The fourth-order valence-electron chi connectivity index (χ4n) is 4.35. The number of benzene rings is 2. The molecule has 39 heavy (non-hydrogen) atoms. The van der Waals surface area contributed by atoms with Crippen molar-refractivity contribution in [1.82, 2.24) is 21.0 Å². The largest absolute Gasteiger partial charge is 0.383 e. The lowest BCUT2D eigenvalue weighted by atomic mass is 9.95. The van der Waals surface area contributed by atoms with Crippen molar-refractivity contribution in [2.24, 2.45) is 5.41 Å². The standard InChI is InChI=1S/C29H32ClFN8/c1-17(11-31)39-15-25(37-38-39)28(22-8-6-7-19(12-32)18(22)2)36-21-9-23-26(35-16-29(3,4)5)20(13-33)14-34-27(23)24(30)10-21/h6-10,14-15,17,28,36-38H,11,16H2,1-5H3,(H,34,35)/t17-,28-/m0/s1. The number of pyridine rings is 1. The van der Waals surface area contributed by atoms with Gasteiger partial charge in [0, 0.05) is 30.0 Å². The Morgan fingerprint density at radius 2 is 1.92 bits per heavy atom. The van der Waals surface area contributed by atoms with Gasteiger partial charge in [0.2, 0.25) is 0 Å². The molecule has 2 aromatic carbocycles. The Labute approximate surface area is 233 Å². The third-order valence-corrected chi connectivity index (χ3v) is 6.86. The first-order chi connectivity index (χ1) is 18.6. The van der Waals surface area contributed by atoms with E-state index in [9.17, 15) is 14.9 Å². The number of anilines is 2. The summed E-state index contributed by atoms with van der Waals surface area (Å²) in [5.41, 5.74) is 11.5. The zero-order valence-corrected chi connectivity index (χ0v) is 23.4. The van der Waals surface area contributed by atoms with Crippen LogP contribution >= 0.6 is 11.6 Å². The highest BCUT2D eigenvalue weighted by atomic mass is 35.5. The number of nitrogens with one attached hydrogen (secondary N) is 4. The van der Waals surface area contributed by atoms with Crippen molar-refractivity contribution >= 4 is 33.9 Å². The van der Waals surface area contributed by atoms with E-state index in [0.717, 1.165) is 16.8 Å². The third kappa shape index (κ3) is 6.01. The monoisotopic (exact) mass is 546 g/mol. The molecule has 10 heteroatoms. The Kier molecular flexibility index (Phi) is 8.15. The summed E-state index contributed by atoms with van der Waals surface area (Å²) in [7, 11) is 0. The van der Waals surface area contributed by atoms with E-state index in [4.69, 9.17) is 11.6 Å². The summed E-state index contributed by atoms with van der Waals surface area (Å²) >= 11 is 6.72. The molecule has 0 bridgehead atoms. The summed E-state index contributed by atoms with van der Waals surface area (Å²) < 4.78 is 13.4. The molecule has 0 aliphatic carbocycles. The molecule has 0 fully saturated rings. The highest BCUT2D eigenvalue weighted by Crippen LogP contribution is 2.37. The molecule has 2 heterocycles. The van der Waals surface area contributed by atoms with Gasteiger partial charge in [-0.1, -0.05) is 44.5 Å². The van der Waals surface area contributed by atoms with Gasteiger partial charge in [-0.2, -0.15) is 10.5 Å². The molecule has 4 N–H and O–H groups in total. The average Bonchev–Trinajstić information content (AvgIpc) is 3.40. The van der Waals surface area contributed by atoms with E-state index in [0.29, 0.717) is 45.0 Å². The van der Waals surface area contributed by atoms with E-state index in [1.807, 2.05) is 31.3 Å². The minimum atomic E-state index is -0.529. The number of rotatable bonds is 8. The van der Waals surface area contributed by atoms with Crippen LogP contribution in [0, 0.1) is 35.0 Å². The first kappa shape index (κ1) is 28.0. The summed E-state index contributed by atoms with van der Waals surface area (Å²) in [6.45, 7) is 10.1. The smallest absolute Gasteiger partial charge is 0.111 e. The van der Waals surface area contributed by atoms with Crippen molar-refractivity contribution in [2.45, 2.75) is 46.7 Å². The third-order valence-electron chi connectivity index (χ3n) is 6.58. The van der Waals surface area contributed by atoms with Crippen LogP contribution in [-0.4, -0.2) is 29.3 Å². The highest BCUT2D eigenvalue weighted by Gasteiger charge is 2.27. The van der Waals surface area contributed by atoms with Crippen LogP contribution in [-0.2, 0) is 0 Å². The summed E-state index contributed by atoms with van der Waals surface area (Å²) in [6, 6.07) is 12.9. The van der Waals surface area contributed by atoms with Crippen LogP contribution < -0.4 is 21.6 Å².